The quantitative estimate of drug-likeness (QED) is 0.745. The Kier molecular flexibility index (Phi) is 2.55. The fourth-order valence-electron chi connectivity index (χ4n) is 2.26. The zero-order valence-corrected chi connectivity index (χ0v) is 9.03. The second-order valence-corrected chi connectivity index (χ2v) is 4.24. The van der Waals surface area contributed by atoms with Crippen LogP contribution in [0.15, 0.2) is 12.1 Å². The van der Waals surface area contributed by atoms with Gasteiger partial charge in [-0.3, -0.25) is 0 Å². The number of ether oxygens (including phenoxy) is 2. The van der Waals surface area contributed by atoms with Gasteiger partial charge in [-0.15, -0.1) is 0 Å². The summed E-state index contributed by atoms with van der Waals surface area (Å²) in [5, 5.41) is 13.2. The number of aromatic hydroxyl groups is 1. The molecule has 2 N–H and O–H groups in total. The third-order valence-electron chi connectivity index (χ3n) is 3.14. The van der Waals surface area contributed by atoms with Crippen LogP contribution in [0.4, 0.5) is 0 Å². The van der Waals surface area contributed by atoms with Crippen LogP contribution in [0.2, 0.25) is 0 Å². The van der Waals surface area contributed by atoms with E-state index >= 15 is 0 Å². The average Bonchev–Trinajstić information content (AvgIpc) is 2.76. The molecule has 1 unspecified atom stereocenters. The summed E-state index contributed by atoms with van der Waals surface area (Å²) in [5.41, 5.74) is 3.13. The number of hydrogen-bond acceptors (Lipinski definition) is 4. The Morgan fingerprint density at radius 3 is 2.81 bits per heavy atom. The van der Waals surface area contributed by atoms with Crippen LogP contribution in [0.1, 0.15) is 22.8 Å². The van der Waals surface area contributed by atoms with Crippen LogP contribution >= 0.6 is 0 Å². The van der Waals surface area contributed by atoms with Crippen molar-refractivity contribution < 1.29 is 14.6 Å². The molecular weight excluding hydrogens is 206 g/mol. The van der Waals surface area contributed by atoms with Crippen molar-refractivity contribution in [2.75, 3.05) is 19.7 Å². The van der Waals surface area contributed by atoms with Gasteiger partial charge in [-0.25, -0.2) is 0 Å². The van der Waals surface area contributed by atoms with Crippen molar-refractivity contribution in [3.8, 4) is 5.75 Å². The molecule has 1 aromatic rings. The van der Waals surface area contributed by atoms with Crippen LogP contribution in [0.3, 0.4) is 0 Å². The predicted octanol–water partition coefficient (Wildman–Crippen LogP) is 1.08. The molecule has 1 fully saturated rings. The van der Waals surface area contributed by atoms with Crippen molar-refractivity contribution in [2.24, 2.45) is 0 Å². The monoisotopic (exact) mass is 221 g/mol. The van der Waals surface area contributed by atoms with E-state index in [2.05, 4.69) is 5.32 Å². The van der Waals surface area contributed by atoms with Crippen molar-refractivity contribution >= 4 is 0 Å². The molecule has 1 saturated heterocycles. The van der Waals surface area contributed by atoms with Crippen LogP contribution < -0.4 is 5.32 Å². The Balaban J connectivity index is 1.94. The van der Waals surface area contributed by atoms with Gasteiger partial charge in [-0.05, 0) is 23.3 Å². The third-order valence-corrected chi connectivity index (χ3v) is 3.14. The largest absolute Gasteiger partial charge is 0.508 e. The minimum Gasteiger partial charge on any atom is -0.508 e. The summed E-state index contributed by atoms with van der Waals surface area (Å²) < 4.78 is 11.0. The molecule has 86 valence electrons. The lowest BCUT2D eigenvalue weighted by Gasteiger charge is -2.25. The smallest absolute Gasteiger partial charge is 0.121 e. The number of morpholine rings is 1. The number of nitrogens with one attached hydrogen (secondary N) is 1. The highest BCUT2D eigenvalue weighted by Crippen LogP contribution is 2.33. The van der Waals surface area contributed by atoms with Crippen LogP contribution in [0.25, 0.3) is 0 Å². The Morgan fingerprint density at radius 1 is 1.25 bits per heavy atom. The Bertz CT molecular complexity index is 399. The number of rotatable bonds is 1. The summed E-state index contributed by atoms with van der Waals surface area (Å²) in [4.78, 5) is 0. The maximum Gasteiger partial charge on any atom is 0.121 e. The molecule has 4 heteroatoms. The molecule has 2 aliphatic heterocycles. The lowest BCUT2D eigenvalue weighted by atomic mass is 10.0. The Labute approximate surface area is 94.2 Å². The molecule has 0 saturated carbocycles. The Hall–Kier alpha value is -1.10. The normalized spacial score (nSPS) is 24.4. The predicted molar refractivity (Wildman–Crippen MR) is 58.2 cm³/mol. The number of phenolic OH excluding ortho intramolecular Hbond substituents is 1. The fourth-order valence-corrected chi connectivity index (χ4v) is 2.26. The molecule has 0 amide bonds. The van der Waals surface area contributed by atoms with E-state index in [1.165, 1.54) is 5.56 Å². The lowest BCUT2D eigenvalue weighted by molar-refractivity contribution is 0.0262. The van der Waals surface area contributed by atoms with E-state index in [0.717, 1.165) is 24.2 Å². The number of fused-ring (bicyclic) bond motifs is 1. The number of hydrogen-bond donors (Lipinski definition) is 2. The highest BCUT2D eigenvalue weighted by Gasteiger charge is 2.22. The molecule has 1 atom stereocenters. The molecule has 2 heterocycles. The first-order valence-corrected chi connectivity index (χ1v) is 5.59. The standard InChI is InChI=1S/C12H15NO3/c14-11-4-9-7-15-6-8(9)3-10(11)12-5-13-1-2-16-12/h3-4,12-14H,1-2,5-7H2. The zero-order valence-electron chi connectivity index (χ0n) is 9.03. The SMILES string of the molecule is Oc1cc2c(cc1C1CNCCO1)COC2. The maximum absolute atomic E-state index is 9.96. The molecule has 0 bridgehead atoms. The average molecular weight is 221 g/mol. The molecule has 0 radical (unpaired) electrons. The van der Waals surface area contributed by atoms with Gasteiger partial charge in [-0.1, -0.05) is 0 Å². The van der Waals surface area contributed by atoms with Gasteiger partial charge in [0.2, 0.25) is 0 Å². The van der Waals surface area contributed by atoms with Crippen molar-refractivity contribution in [1.29, 1.82) is 0 Å². The van der Waals surface area contributed by atoms with Gasteiger partial charge in [0.25, 0.3) is 0 Å². The van der Waals surface area contributed by atoms with E-state index in [1.54, 1.807) is 6.07 Å². The minimum atomic E-state index is -0.0420. The summed E-state index contributed by atoms with van der Waals surface area (Å²) in [7, 11) is 0. The fraction of sp³-hybridized carbons (Fsp3) is 0.500. The van der Waals surface area contributed by atoms with Gasteiger partial charge in [0.05, 0.1) is 25.9 Å². The van der Waals surface area contributed by atoms with Crippen LogP contribution in [0, 0.1) is 0 Å². The van der Waals surface area contributed by atoms with Crippen LogP contribution in [0.5, 0.6) is 5.75 Å². The summed E-state index contributed by atoms with van der Waals surface area (Å²) in [6, 6.07) is 3.81. The first-order chi connectivity index (χ1) is 7.84. The van der Waals surface area contributed by atoms with Gasteiger partial charge in [0.15, 0.2) is 0 Å². The molecule has 0 aromatic heterocycles. The molecule has 16 heavy (non-hydrogen) atoms. The topological polar surface area (TPSA) is 50.7 Å². The summed E-state index contributed by atoms with van der Waals surface area (Å²) in [6.45, 7) is 3.58. The molecule has 0 spiro atoms. The molecule has 1 aromatic carbocycles. The van der Waals surface area contributed by atoms with E-state index in [-0.39, 0.29) is 6.10 Å². The highest BCUT2D eigenvalue weighted by molar-refractivity contribution is 5.44. The first kappa shape index (κ1) is 10.1. The molecule has 0 aliphatic carbocycles. The van der Waals surface area contributed by atoms with E-state index < -0.39 is 0 Å². The zero-order chi connectivity index (χ0) is 11.0. The van der Waals surface area contributed by atoms with E-state index in [9.17, 15) is 5.11 Å². The van der Waals surface area contributed by atoms with Gasteiger partial charge < -0.3 is 19.9 Å². The van der Waals surface area contributed by atoms with Crippen LogP contribution in [-0.2, 0) is 22.7 Å². The van der Waals surface area contributed by atoms with Crippen molar-refractivity contribution in [1.82, 2.24) is 5.32 Å². The lowest BCUT2D eigenvalue weighted by Crippen LogP contribution is -2.33. The van der Waals surface area contributed by atoms with Crippen molar-refractivity contribution in [3.05, 3.63) is 28.8 Å². The highest BCUT2D eigenvalue weighted by atomic mass is 16.5. The van der Waals surface area contributed by atoms with Crippen molar-refractivity contribution in [2.45, 2.75) is 19.3 Å². The van der Waals surface area contributed by atoms with Gasteiger partial charge in [0, 0.05) is 18.7 Å². The van der Waals surface area contributed by atoms with E-state index in [4.69, 9.17) is 9.47 Å². The first-order valence-electron chi connectivity index (χ1n) is 5.59. The number of phenols is 1. The second-order valence-electron chi connectivity index (χ2n) is 4.24. The van der Waals surface area contributed by atoms with Gasteiger partial charge in [0.1, 0.15) is 5.75 Å². The molecule has 4 nitrogen and oxygen atoms in total. The second kappa shape index (κ2) is 4.05. The van der Waals surface area contributed by atoms with E-state index in [1.807, 2.05) is 6.07 Å². The summed E-state index contributed by atoms with van der Waals surface area (Å²) in [5.74, 6) is 0.318. The third kappa shape index (κ3) is 1.69. The summed E-state index contributed by atoms with van der Waals surface area (Å²) in [6.07, 6.45) is -0.0420. The van der Waals surface area contributed by atoms with E-state index in [0.29, 0.717) is 25.6 Å². The molecule has 2 aliphatic rings. The maximum atomic E-state index is 9.96. The number of benzene rings is 1. The Morgan fingerprint density at radius 2 is 2.06 bits per heavy atom. The minimum absolute atomic E-state index is 0.0420. The van der Waals surface area contributed by atoms with Gasteiger partial charge >= 0.3 is 0 Å². The molecular formula is C12H15NO3. The summed E-state index contributed by atoms with van der Waals surface area (Å²) >= 11 is 0. The van der Waals surface area contributed by atoms with Crippen molar-refractivity contribution in [3.63, 3.8) is 0 Å². The van der Waals surface area contributed by atoms with Crippen LogP contribution in [-0.4, -0.2) is 24.8 Å². The molecule has 3 rings (SSSR count). The van der Waals surface area contributed by atoms with Gasteiger partial charge in [-0.2, -0.15) is 0 Å².